The first-order valence-corrected chi connectivity index (χ1v) is 18.1. The van der Waals surface area contributed by atoms with Crippen LogP contribution in [0.25, 0.3) is 0 Å². The molecule has 2 amide bonds. The van der Waals surface area contributed by atoms with Crippen molar-refractivity contribution in [2.45, 2.75) is 93.0 Å². The molecule has 1 saturated heterocycles. The Hall–Kier alpha value is -2.34. The maximum atomic E-state index is 12.9. The minimum atomic E-state index is -0.829. The molecule has 268 valence electrons. The van der Waals surface area contributed by atoms with E-state index in [0.29, 0.717) is 31.5 Å². The Morgan fingerprint density at radius 2 is 1.67 bits per heavy atom. The van der Waals surface area contributed by atoms with Crippen LogP contribution in [0.5, 0.6) is 0 Å². The highest BCUT2D eigenvalue weighted by atomic mass is 32.2. The topological polar surface area (TPSA) is 114 Å². The Morgan fingerprint density at radius 3 is 2.17 bits per heavy atom. The van der Waals surface area contributed by atoms with E-state index in [4.69, 9.17) is 14.9 Å². The van der Waals surface area contributed by atoms with Gasteiger partial charge in [-0.3, -0.25) is 19.4 Å². The van der Waals surface area contributed by atoms with E-state index in [9.17, 15) is 14.4 Å². The highest BCUT2D eigenvalue weighted by Crippen LogP contribution is 2.23. The molecule has 1 rings (SSSR count). The van der Waals surface area contributed by atoms with Gasteiger partial charge in [0.2, 0.25) is 11.8 Å². The van der Waals surface area contributed by atoms with Crippen LogP contribution < -0.4 is 0 Å². The van der Waals surface area contributed by atoms with E-state index in [1.165, 1.54) is 11.8 Å². The lowest BCUT2D eigenvalue weighted by Gasteiger charge is -2.32. The quantitative estimate of drug-likeness (QED) is 0.162. The van der Waals surface area contributed by atoms with Crippen LogP contribution in [0, 0.1) is 5.92 Å². The van der Waals surface area contributed by atoms with Gasteiger partial charge in [0.15, 0.2) is 0 Å². The van der Waals surface area contributed by atoms with Crippen LogP contribution in [0.2, 0.25) is 0 Å². The van der Waals surface area contributed by atoms with Crippen molar-refractivity contribution in [2.24, 2.45) is 5.92 Å². The summed E-state index contributed by atoms with van der Waals surface area (Å²) in [6.07, 6.45) is 15.8. The van der Waals surface area contributed by atoms with Gasteiger partial charge < -0.3 is 24.7 Å². The predicted octanol–water partition coefficient (Wildman–Crippen LogP) is 6.33. The van der Waals surface area contributed by atoms with Crippen LogP contribution in [0.3, 0.4) is 0 Å². The van der Waals surface area contributed by atoms with Crippen molar-refractivity contribution in [3.63, 3.8) is 0 Å². The van der Waals surface area contributed by atoms with Crippen LogP contribution in [0.1, 0.15) is 87.0 Å². The first-order chi connectivity index (χ1) is 21.8. The summed E-state index contributed by atoms with van der Waals surface area (Å²) in [5.41, 5.74) is 1.29. The maximum Gasteiger partial charge on any atom is 0.364 e. The zero-order valence-electron chi connectivity index (χ0n) is 30.6. The Labute approximate surface area is 284 Å². The fourth-order valence-electron chi connectivity index (χ4n) is 4.33. The largest absolute Gasteiger partial charge is 0.493 e. The summed E-state index contributed by atoms with van der Waals surface area (Å²) >= 11 is 0.796. The van der Waals surface area contributed by atoms with E-state index in [-0.39, 0.29) is 18.5 Å². The number of rotatable bonds is 18. The van der Waals surface area contributed by atoms with Gasteiger partial charge in [0.1, 0.15) is 5.76 Å². The lowest BCUT2D eigenvalue weighted by Crippen LogP contribution is -2.45. The summed E-state index contributed by atoms with van der Waals surface area (Å²) in [6, 6.07) is 0.399. The summed E-state index contributed by atoms with van der Waals surface area (Å²) in [6.45, 7) is 20.3. The molecule has 1 fully saturated rings. The highest BCUT2D eigenvalue weighted by molar-refractivity contribution is 8.12. The van der Waals surface area contributed by atoms with Gasteiger partial charge in [0.05, 0.1) is 19.9 Å². The van der Waals surface area contributed by atoms with Crippen LogP contribution in [-0.4, -0.2) is 126 Å². The smallest absolute Gasteiger partial charge is 0.364 e. The number of aliphatic hydroxyl groups excluding tert-OH is 1. The van der Waals surface area contributed by atoms with Gasteiger partial charge in [-0.25, -0.2) is 4.79 Å². The standard InChI is InChI=1S/C25H44N2O2.C8H18N2O2.C2H4O2S/c1-7-11-17-26(16-8-2)25(28)20-27(22(6)9-3)19-21(5)13-12-14-24-23(10-4)15-18-29-24;1-4-10(3)8(12)5-6-9(2)7-11;1-5-2(3)4/h10,12-14,21-22H,7-9,11,15-20H2,1-6H3;11H,4-7H2,1-3H3;1H3,(H,3,4)/b13-12+,23-10-,24-14+;;/t21?,22-;;/m0../s1. The summed E-state index contributed by atoms with van der Waals surface area (Å²) in [5.74, 6) is 1.77. The second-order valence-corrected chi connectivity index (χ2v) is 12.3. The lowest BCUT2D eigenvalue weighted by atomic mass is 10.1. The first-order valence-electron chi connectivity index (χ1n) is 16.8. The van der Waals surface area contributed by atoms with Gasteiger partial charge in [0, 0.05) is 58.7 Å². The number of amides is 2. The van der Waals surface area contributed by atoms with Crippen molar-refractivity contribution in [3.8, 4) is 0 Å². The minimum absolute atomic E-state index is 0.00309. The molecule has 0 radical (unpaired) electrons. The molecule has 2 atom stereocenters. The number of hydrogen-bond donors (Lipinski definition) is 2. The monoisotopic (exact) mass is 670 g/mol. The SMILES string of the molecule is C/C=C1/CCO/C1=C/C=C/C(C)CN(CC(=O)N(CCC)CCCC)[C@@H](C)CC.CCN(C)C(=O)CCN(C)CO.CSC(=O)O. The number of allylic oxidation sites excluding steroid dienone is 4. The number of ether oxygens (including phenoxy) is 1. The van der Waals surface area contributed by atoms with Crippen LogP contribution >= 0.6 is 11.8 Å². The molecule has 1 heterocycles. The molecule has 0 aromatic heterocycles. The summed E-state index contributed by atoms with van der Waals surface area (Å²) < 4.78 is 5.69. The first kappa shape index (κ1) is 45.8. The number of aliphatic hydroxyl groups is 1. The van der Waals surface area contributed by atoms with Crippen LogP contribution in [0.4, 0.5) is 4.79 Å². The third-order valence-electron chi connectivity index (χ3n) is 7.71. The van der Waals surface area contributed by atoms with E-state index >= 15 is 0 Å². The van der Waals surface area contributed by atoms with Crippen molar-refractivity contribution >= 4 is 28.9 Å². The molecule has 1 aliphatic heterocycles. The number of nitrogens with zero attached hydrogens (tertiary/aromatic N) is 4. The third-order valence-corrected chi connectivity index (χ3v) is 8.06. The fraction of sp³-hybridized carbons (Fsp3) is 0.743. The van der Waals surface area contributed by atoms with Crippen LogP contribution in [0.15, 0.2) is 35.6 Å². The van der Waals surface area contributed by atoms with E-state index in [1.54, 1.807) is 23.9 Å². The molecule has 0 aromatic rings. The van der Waals surface area contributed by atoms with Gasteiger partial charge in [-0.1, -0.05) is 52.3 Å². The zero-order valence-corrected chi connectivity index (χ0v) is 31.4. The van der Waals surface area contributed by atoms with E-state index < -0.39 is 5.30 Å². The van der Waals surface area contributed by atoms with Crippen molar-refractivity contribution in [1.82, 2.24) is 19.6 Å². The molecular formula is C35H66N4O6S. The molecule has 0 aliphatic carbocycles. The van der Waals surface area contributed by atoms with Gasteiger partial charge in [-0.05, 0) is 82.7 Å². The number of carbonyl (C=O) groups excluding carboxylic acids is 2. The number of hydrogen-bond acceptors (Lipinski definition) is 8. The molecule has 0 bridgehead atoms. The number of carboxylic acid groups (broad SMARTS) is 1. The molecule has 0 aromatic carbocycles. The number of thioether (sulfide) groups is 1. The maximum absolute atomic E-state index is 12.9. The molecule has 0 saturated carbocycles. The Balaban J connectivity index is 0. The average Bonchev–Trinajstić information content (AvgIpc) is 3.52. The molecule has 11 heteroatoms. The van der Waals surface area contributed by atoms with Crippen molar-refractivity contribution < 1.29 is 29.3 Å². The third kappa shape index (κ3) is 22.2. The van der Waals surface area contributed by atoms with E-state index in [2.05, 4.69) is 75.6 Å². The normalized spacial score (nSPS) is 15.7. The Bertz CT molecular complexity index is 927. The molecule has 1 aliphatic rings. The van der Waals surface area contributed by atoms with Crippen molar-refractivity contribution in [1.29, 1.82) is 0 Å². The molecular weight excluding hydrogens is 604 g/mol. The van der Waals surface area contributed by atoms with Crippen LogP contribution in [-0.2, 0) is 14.3 Å². The number of unbranched alkanes of at least 4 members (excludes halogenated alkanes) is 1. The average molecular weight is 671 g/mol. The second kappa shape index (κ2) is 28.8. The molecule has 46 heavy (non-hydrogen) atoms. The summed E-state index contributed by atoms with van der Waals surface area (Å²) in [7, 11) is 3.56. The van der Waals surface area contributed by atoms with Gasteiger partial charge in [-0.2, -0.15) is 0 Å². The minimum Gasteiger partial charge on any atom is -0.493 e. The lowest BCUT2D eigenvalue weighted by molar-refractivity contribution is -0.133. The zero-order chi connectivity index (χ0) is 35.5. The molecule has 1 unspecified atom stereocenters. The Kier molecular flexibility index (Phi) is 28.7. The van der Waals surface area contributed by atoms with Crippen molar-refractivity contribution in [3.05, 3.63) is 35.6 Å². The second-order valence-electron chi connectivity index (χ2n) is 11.6. The highest BCUT2D eigenvalue weighted by Gasteiger charge is 2.21. The molecule has 2 N–H and O–H groups in total. The van der Waals surface area contributed by atoms with Gasteiger partial charge in [0.25, 0.3) is 0 Å². The predicted molar refractivity (Wildman–Crippen MR) is 193 cm³/mol. The fourth-order valence-corrected chi connectivity index (χ4v) is 4.33. The van der Waals surface area contributed by atoms with Crippen molar-refractivity contribution in [2.75, 3.05) is 73.0 Å². The summed E-state index contributed by atoms with van der Waals surface area (Å²) in [4.78, 5) is 41.3. The van der Waals surface area contributed by atoms with Gasteiger partial charge >= 0.3 is 5.30 Å². The molecule has 10 nitrogen and oxygen atoms in total. The summed E-state index contributed by atoms with van der Waals surface area (Å²) in [5, 5.41) is 15.5. The molecule has 0 spiro atoms. The van der Waals surface area contributed by atoms with E-state index in [1.807, 2.05) is 6.92 Å². The van der Waals surface area contributed by atoms with E-state index in [0.717, 1.165) is 82.4 Å². The number of carbonyl (C=O) groups is 3. The van der Waals surface area contributed by atoms with Gasteiger partial charge in [-0.15, -0.1) is 0 Å². The Morgan fingerprint density at radius 1 is 1.02 bits per heavy atom.